The fourth-order valence-electron chi connectivity index (χ4n) is 7.31. The lowest BCUT2D eigenvalue weighted by molar-refractivity contribution is 0.129. The summed E-state index contributed by atoms with van der Waals surface area (Å²) in [6, 6.07) is 8.37. The summed E-state index contributed by atoms with van der Waals surface area (Å²) >= 11 is 0. The molecule has 8 heteroatoms. The van der Waals surface area contributed by atoms with Crippen molar-refractivity contribution in [2.75, 3.05) is 13.2 Å². The van der Waals surface area contributed by atoms with Gasteiger partial charge in [-0.3, -0.25) is 0 Å². The van der Waals surface area contributed by atoms with E-state index in [9.17, 15) is 17.6 Å². The van der Waals surface area contributed by atoms with Gasteiger partial charge in [0.05, 0.1) is 13.2 Å². The maximum Gasteiger partial charge on any atom is 0.201 e. The Morgan fingerprint density at radius 3 is 1.85 bits per heavy atom. The molecule has 0 heterocycles. The van der Waals surface area contributed by atoms with Crippen molar-refractivity contribution in [2.24, 2.45) is 17.8 Å². The van der Waals surface area contributed by atoms with Crippen LogP contribution in [0, 0.1) is 52.7 Å². The summed E-state index contributed by atoms with van der Waals surface area (Å²) in [6.07, 6.45) is 11.9. The highest BCUT2D eigenvalue weighted by Gasteiger charge is 2.33. The maximum absolute atomic E-state index is 15.1. The molecule has 0 spiro atoms. The van der Waals surface area contributed by atoms with Crippen LogP contribution in [-0.2, 0) is 6.42 Å². The van der Waals surface area contributed by atoms with E-state index in [4.69, 9.17) is 9.47 Å². The van der Waals surface area contributed by atoms with Crippen molar-refractivity contribution in [2.45, 2.75) is 84.0 Å². The SMILES string of the molecule is C/C=C/CCc1ccc(-c2ccc(OCC3CCC(C4CCC(c5ccc(OCC)c(F)c5F)CC4)CC3)c(F)c2F)c(F)c1F. The van der Waals surface area contributed by atoms with Gasteiger partial charge in [0.15, 0.2) is 34.8 Å². The molecule has 0 bridgehead atoms. The molecule has 3 aromatic carbocycles. The smallest absolute Gasteiger partial charge is 0.201 e. The van der Waals surface area contributed by atoms with E-state index in [1.54, 1.807) is 13.0 Å². The Bertz CT molecular complexity index is 1520. The van der Waals surface area contributed by atoms with Gasteiger partial charge in [0, 0.05) is 11.1 Å². The Hall–Kier alpha value is -3.42. The molecule has 0 amide bonds. The minimum atomic E-state index is -1.27. The van der Waals surface area contributed by atoms with Crippen LogP contribution in [0.3, 0.4) is 0 Å². The van der Waals surface area contributed by atoms with Crippen molar-refractivity contribution in [3.8, 4) is 22.6 Å². The van der Waals surface area contributed by atoms with Gasteiger partial charge in [-0.2, -0.15) is 8.78 Å². The van der Waals surface area contributed by atoms with E-state index in [0.717, 1.165) is 51.4 Å². The van der Waals surface area contributed by atoms with Crippen LogP contribution in [0.1, 0.15) is 88.7 Å². The van der Waals surface area contributed by atoms with Gasteiger partial charge in [-0.25, -0.2) is 17.6 Å². The molecule has 2 nitrogen and oxygen atoms in total. The Labute approximate surface area is 267 Å². The lowest BCUT2D eigenvalue weighted by Gasteiger charge is -2.38. The first-order valence-corrected chi connectivity index (χ1v) is 16.5. The van der Waals surface area contributed by atoms with Crippen molar-refractivity contribution < 1.29 is 35.8 Å². The van der Waals surface area contributed by atoms with Crippen molar-refractivity contribution in [1.29, 1.82) is 0 Å². The quantitative estimate of drug-likeness (QED) is 0.153. The van der Waals surface area contributed by atoms with Gasteiger partial charge in [-0.15, -0.1) is 0 Å². The van der Waals surface area contributed by atoms with Crippen LogP contribution in [0.4, 0.5) is 26.3 Å². The van der Waals surface area contributed by atoms with E-state index in [1.165, 1.54) is 30.3 Å². The number of ether oxygens (including phenoxy) is 2. The first kappa shape index (κ1) is 33.9. The average molecular weight is 645 g/mol. The standard InChI is InChI=1S/C38H42F6O2/c1-3-5-6-7-27-16-17-29(35(41)33(27)39)30-19-21-32(38(44)36(30)42)46-22-23-8-10-24(11-9-23)25-12-14-26(15-13-25)28-18-20-31(45-4-2)37(43)34(28)40/h3,5,16-21,23-26H,4,6-15,22H2,1-2H3/b5-3+. The van der Waals surface area contributed by atoms with Crippen molar-refractivity contribution in [1.82, 2.24) is 0 Å². The molecule has 0 aromatic heterocycles. The highest BCUT2D eigenvalue weighted by atomic mass is 19.2. The number of aryl methyl sites for hydroxylation is 1. The van der Waals surface area contributed by atoms with Crippen molar-refractivity contribution >= 4 is 0 Å². The molecule has 2 saturated carbocycles. The number of rotatable bonds is 11. The predicted molar refractivity (Wildman–Crippen MR) is 168 cm³/mol. The lowest BCUT2D eigenvalue weighted by atomic mass is 9.68. The first-order valence-electron chi connectivity index (χ1n) is 16.5. The zero-order chi connectivity index (χ0) is 32.8. The number of hydrogen-bond acceptors (Lipinski definition) is 2. The Morgan fingerprint density at radius 1 is 0.630 bits per heavy atom. The van der Waals surface area contributed by atoms with E-state index in [2.05, 4.69) is 0 Å². The van der Waals surface area contributed by atoms with Gasteiger partial charge in [0.25, 0.3) is 0 Å². The van der Waals surface area contributed by atoms with Crippen LogP contribution in [0.25, 0.3) is 11.1 Å². The van der Waals surface area contributed by atoms with E-state index >= 15 is 8.78 Å². The molecule has 2 aliphatic rings. The fourth-order valence-corrected chi connectivity index (χ4v) is 7.31. The van der Waals surface area contributed by atoms with Crippen LogP contribution in [-0.4, -0.2) is 13.2 Å². The second-order valence-electron chi connectivity index (χ2n) is 12.7. The Kier molecular flexibility index (Phi) is 11.4. The molecule has 2 aliphatic carbocycles. The second-order valence-corrected chi connectivity index (χ2v) is 12.7. The summed E-state index contributed by atoms with van der Waals surface area (Å²) in [7, 11) is 0. The molecule has 0 N–H and O–H groups in total. The minimum absolute atomic E-state index is 0.00376. The van der Waals surface area contributed by atoms with E-state index in [-0.39, 0.29) is 53.2 Å². The normalized spacial score (nSPS) is 21.9. The van der Waals surface area contributed by atoms with Gasteiger partial charge in [-0.05, 0) is 131 Å². The topological polar surface area (TPSA) is 18.5 Å². The zero-order valence-corrected chi connectivity index (χ0v) is 26.5. The van der Waals surface area contributed by atoms with Gasteiger partial charge in [0.2, 0.25) is 11.6 Å². The van der Waals surface area contributed by atoms with Crippen LogP contribution in [0.2, 0.25) is 0 Å². The Morgan fingerprint density at radius 2 is 1.20 bits per heavy atom. The summed E-state index contributed by atoms with van der Waals surface area (Å²) in [5, 5.41) is 0. The molecule has 0 unspecified atom stereocenters. The van der Waals surface area contributed by atoms with Gasteiger partial charge < -0.3 is 9.47 Å². The molecule has 46 heavy (non-hydrogen) atoms. The van der Waals surface area contributed by atoms with Gasteiger partial charge >= 0.3 is 0 Å². The number of allylic oxidation sites excluding steroid dienone is 2. The molecule has 2 fully saturated rings. The highest BCUT2D eigenvalue weighted by Crippen LogP contribution is 2.45. The maximum atomic E-state index is 15.1. The molecule has 0 atom stereocenters. The second kappa shape index (κ2) is 15.4. The third kappa shape index (κ3) is 7.42. The van der Waals surface area contributed by atoms with E-state index in [0.29, 0.717) is 30.2 Å². The average Bonchev–Trinajstić information content (AvgIpc) is 3.07. The Balaban J connectivity index is 1.12. The number of hydrogen-bond donors (Lipinski definition) is 0. The molecule has 0 saturated heterocycles. The molecular weight excluding hydrogens is 602 g/mol. The number of halogens is 6. The summed E-state index contributed by atoms with van der Waals surface area (Å²) < 4.78 is 99.6. The predicted octanol–water partition coefficient (Wildman–Crippen LogP) is 11.3. The first-order chi connectivity index (χ1) is 22.2. The summed E-state index contributed by atoms with van der Waals surface area (Å²) in [5.41, 5.74) is -0.0762. The molecule has 248 valence electrons. The molecule has 0 aliphatic heterocycles. The van der Waals surface area contributed by atoms with Crippen molar-refractivity contribution in [3.05, 3.63) is 94.6 Å². The van der Waals surface area contributed by atoms with Crippen LogP contribution < -0.4 is 9.47 Å². The van der Waals surface area contributed by atoms with E-state index < -0.39 is 34.9 Å². The summed E-state index contributed by atoms with van der Waals surface area (Å²) in [6.45, 7) is 4.08. The summed E-state index contributed by atoms with van der Waals surface area (Å²) in [4.78, 5) is 0. The highest BCUT2D eigenvalue weighted by molar-refractivity contribution is 5.66. The lowest BCUT2D eigenvalue weighted by Crippen LogP contribution is -2.27. The van der Waals surface area contributed by atoms with Crippen molar-refractivity contribution in [3.63, 3.8) is 0 Å². The molecule has 5 rings (SSSR count). The van der Waals surface area contributed by atoms with Crippen LogP contribution in [0.5, 0.6) is 11.5 Å². The zero-order valence-electron chi connectivity index (χ0n) is 26.5. The number of benzene rings is 3. The largest absolute Gasteiger partial charge is 0.491 e. The molecular formula is C38H42F6O2. The fraction of sp³-hybridized carbons (Fsp3) is 0.474. The molecule has 3 aromatic rings. The summed E-state index contributed by atoms with van der Waals surface area (Å²) in [5.74, 6) is -5.50. The van der Waals surface area contributed by atoms with Gasteiger partial charge in [-0.1, -0.05) is 30.4 Å². The molecule has 0 radical (unpaired) electrons. The van der Waals surface area contributed by atoms with Crippen LogP contribution in [0.15, 0.2) is 48.6 Å². The van der Waals surface area contributed by atoms with Crippen LogP contribution >= 0.6 is 0 Å². The van der Waals surface area contributed by atoms with E-state index in [1.807, 2.05) is 19.1 Å². The third-order valence-electron chi connectivity index (χ3n) is 9.94. The monoisotopic (exact) mass is 644 g/mol. The minimum Gasteiger partial charge on any atom is -0.491 e. The third-order valence-corrected chi connectivity index (χ3v) is 9.94. The van der Waals surface area contributed by atoms with Gasteiger partial charge in [0.1, 0.15) is 0 Å².